The fourth-order valence-electron chi connectivity index (χ4n) is 4.74. The monoisotopic (exact) mass is 434 g/mol. The van der Waals surface area contributed by atoms with Crippen molar-refractivity contribution in [3.05, 3.63) is 48.4 Å². The third kappa shape index (κ3) is 4.78. The molecule has 3 heterocycles. The lowest BCUT2D eigenvalue weighted by Gasteiger charge is -2.31. The Morgan fingerprint density at radius 3 is 2.56 bits per heavy atom. The van der Waals surface area contributed by atoms with Gasteiger partial charge in [0.2, 0.25) is 5.88 Å². The molecule has 2 aliphatic rings. The van der Waals surface area contributed by atoms with Crippen molar-refractivity contribution >= 4 is 16.7 Å². The average Bonchev–Trinajstić information content (AvgIpc) is 2.86. The maximum absolute atomic E-state index is 6.54. The average molecular weight is 435 g/mol. The zero-order chi connectivity index (χ0) is 21.8. The summed E-state index contributed by atoms with van der Waals surface area (Å²) in [6.07, 6.45) is 11.1. The van der Waals surface area contributed by atoms with Gasteiger partial charge < -0.3 is 19.1 Å². The number of nitrogens with zero attached hydrogens (tertiary/aromatic N) is 4. The largest absolute Gasteiger partial charge is 0.488 e. The number of pyridine rings is 1. The fourth-order valence-corrected chi connectivity index (χ4v) is 4.74. The minimum atomic E-state index is 0.213. The molecule has 5 rings (SSSR count). The summed E-state index contributed by atoms with van der Waals surface area (Å²) in [5.74, 6) is 2.18. The number of morpholine rings is 1. The standard InChI is InChI=1S/C25H30N4O3/c1-30-24-7-4-19(17-28-24)14-18-2-5-21(6-3-18)32-23-16-20(29-10-12-31-13-11-29)15-22-25(23)27-9-8-26-22/h4,7-9,15-18,21H,2-3,5-6,10-14H2,1H3. The van der Waals surface area contributed by atoms with E-state index in [0.717, 1.165) is 80.9 Å². The summed E-state index contributed by atoms with van der Waals surface area (Å²) in [6, 6.07) is 8.31. The van der Waals surface area contributed by atoms with E-state index >= 15 is 0 Å². The van der Waals surface area contributed by atoms with Gasteiger partial charge in [-0.25, -0.2) is 9.97 Å². The first-order valence-corrected chi connectivity index (χ1v) is 11.5. The quantitative estimate of drug-likeness (QED) is 0.580. The lowest BCUT2D eigenvalue weighted by Crippen LogP contribution is -2.36. The molecule has 0 N–H and O–H groups in total. The zero-order valence-electron chi connectivity index (χ0n) is 18.6. The number of ether oxygens (including phenoxy) is 3. The van der Waals surface area contributed by atoms with E-state index < -0.39 is 0 Å². The minimum Gasteiger partial charge on any atom is -0.488 e. The van der Waals surface area contributed by atoms with E-state index in [9.17, 15) is 0 Å². The highest BCUT2D eigenvalue weighted by Gasteiger charge is 2.24. The summed E-state index contributed by atoms with van der Waals surface area (Å²) in [5, 5.41) is 0. The Kier molecular flexibility index (Phi) is 6.34. The van der Waals surface area contributed by atoms with Crippen molar-refractivity contribution in [3.8, 4) is 11.6 Å². The molecule has 2 aromatic heterocycles. The second-order valence-electron chi connectivity index (χ2n) is 8.64. The van der Waals surface area contributed by atoms with Crippen molar-refractivity contribution in [1.82, 2.24) is 15.0 Å². The Hall–Kier alpha value is -2.93. The van der Waals surface area contributed by atoms with E-state index in [-0.39, 0.29) is 6.10 Å². The lowest BCUT2D eigenvalue weighted by molar-refractivity contribution is 0.122. The Bertz CT molecular complexity index is 1030. The lowest BCUT2D eigenvalue weighted by atomic mass is 9.83. The highest BCUT2D eigenvalue weighted by molar-refractivity contribution is 5.85. The minimum absolute atomic E-state index is 0.213. The molecule has 1 saturated carbocycles. The molecule has 0 amide bonds. The van der Waals surface area contributed by atoms with E-state index in [1.54, 1.807) is 19.5 Å². The molecule has 1 saturated heterocycles. The first kappa shape index (κ1) is 20.9. The zero-order valence-corrected chi connectivity index (χ0v) is 18.6. The molecular formula is C25H30N4O3. The van der Waals surface area contributed by atoms with Gasteiger partial charge in [-0.1, -0.05) is 6.07 Å². The van der Waals surface area contributed by atoms with Crippen LogP contribution >= 0.6 is 0 Å². The third-order valence-electron chi connectivity index (χ3n) is 6.52. The summed E-state index contributed by atoms with van der Waals surface area (Å²) < 4.78 is 17.2. The molecular weight excluding hydrogens is 404 g/mol. The van der Waals surface area contributed by atoms with Crippen molar-refractivity contribution in [3.63, 3.8) is 0 Å². The van der Waals surface area contributed by atoms with Gasteiger partial charge in [-0.2, -0.15) is 0 Å². The Morgan fingerprint density at radius 2 is 1.81 bits per heavy atom. The Balaban J connectivity index is 1.25. The second kappa shape index (κ2) is 9.69. The predicted octanol–water partition coefficient (Wildman–Crippen LogP) is 4.05. The van der Waals surface area contributed by atoms with E-state index in [2.05, 4.69) is 38.1 Å². The summed E-state index contributed by atoms with van der Waals surface area (Å²) in [4.78, 5) is 15.8. The molecule has 1 aliphatic carbocycles. The van der Waals surface area contributed by atoms with Crippen LogP contribution in [-0.2, 0) is 11.2 Å². The van der Waals surface area contributed by atoms with Gasteiger partial charge in [0, 0.05) is 49.5 Å². The van der Waals surface area contributed by atoms with Gasteiger partial charge in [-0.05, 0) is 49.7 Å². The SMILES string of the molecule is COc1ccc(CC2CCC(Oc3cc(N4CCOCC4)cc4nccnc34)CC2)cn1. The summed E-state index contributed by atoms with van der Waals surface area (Å²) in [7, 11) is 1.65. The summed E-state index contributed by atoms with van der Waals surface area (Å²) >= 11 is 0. The number of hydrogen-bond acceptors (Lipinski definition) is 7. The molecule has 2 fully saturated rings. The number of hydrogen-bond donors (Lipinski definition) is 0. The van der Waals surface area contributed by atoms with Crippen molar-refractivity contribution in [2.45, 2.75) is 38.2 Å². The van der Waals surface area contributed by atoms with Crippen LogP contribution in [0.5, 0.6) is 11.6 Å². The van der Waals surface area contributed by atoms with E-state index in [0.29, 0.717) is 11.8 Å². The maximum atomic E-state index is 6.54. The van der Waals surface area contributed by atoms with Gasteiger partial charge in [0.1, 0.15) is 11.3 Å². The number of anilines is 1. The Morgan fingerprint density at radius 1 is 1.00 bits per heavy atom. The van der Waals surface area contributed by atoms with Crippen LogP contribution in [0.25, 0.3) is 11.0 Å². The molecule has 7 heteroatoms. The number of rotatable bonds is 6. The van der Waals surface area contributed by atoms with Crippen LogP contribution in [0.15, 0.2) is 42.9 Å². The van der Waals surface area contributed by atoms with Crippen LogP contribution in [0.1, 0.15) is 31.2 Å². The molecule has 32 heavy (non-hydrogen) atoms. The smallest absolute Gasteiger partial charge is 0.212 e. The molecule has 0 unspecified atom stereocenters. The van der Waals surface area contributed by atoms with Crippen LogP contribution in [0, 0.1) is 5.92 Å². The molecule has 1 aromatic carbocycles. The molecule has 7 nitrogen and oxygen atoms in total. The van der Waals surface area contributed by atoms with Gasteiger partial charge in [-0.3, -0.25) is 4.98 Å². The highest BCUT2D eigenvalue weighted by atomic mass is 16.5. The van der Waals surface area contributed by atoms with Gasteiger partial charge in [0.05, 0.1) is 31.9 Å². The second-order valence-corrected chi connectivity index (χ2v) is 8.64. The van der Waals surface area contributed by atoms with Crippen LogP contribution < -0.4 is 14.4 Å². The summed E-state index contributed by atoms with van der Waals surface area (Å²) in [6.45, 7) is 3.28. The molecule has 0 radical (unpaired) electrons. The molecule has 0 spiro atoms. The fraction of sp³-hybridized carbons (Fsp3) is 0.480. The van der Waals surface area contributed by atoms with Crippen LogP contribution in [0.4, 0.5) is 5.69 Å². The van der Waals surface area contributed by atoms with E-state index in [1.165, 1.54) is 5.56 Å². The predicted molar refractivity (Wildman–Crippen MR) is 123 cm³/mol. The van der Waals surface area contributed by atoms with Gasteiger partial charge in [0.15, 0.2) is 0 Å². The third-order valence-corrected chi connectivity index (χ3v) is 6.52. The highest BCUT2D eigenvalue weighted by Crippen LogP contribution is 2.34. The maximum Gasteiger partial charge on any atom is 0.212 e. The van der Waals surface area contributed by atoms with Crippen LogP contribution in [-0.4, -0.2) is 54.5 Å². The first-order valence-electron chi connectivity index (χ1n) is 11.5. The topological polar surface area (TPSA) is 69.6 Å². The summed E-state index contributed by atoms with van der Waals surface area (Å²) in [5.41, 5.74) is 4.13. The normalized spacial score (nSPS) is 21.5. The van der Waals surface area contributed by atoms with Crippen LogP contribution in [0.3, 0.4) is 0 Å². The van der Waals surface area contributed by atoms with Crippen molar-refractivity contribution in [2.75, 3.05) is 38.3 Å². The van der Waals surface area contributed by atoms with Crippen LogP contribution in [0.2, 0.25) is 0 Å². The molecule has 168 valence electrons. The van der Waals surface area contributed by atoms with E-state index in [4.69, 9.17) is 14.2 Å². The Labute approximate surface area is 188 Å². The number of benzene rings is 1. The number of aromatic nitrogens is 3. The molecule has 0 atom stereocenters. The first-order chi connectivity index (χ1) is 15.8. The molecule has 0 bridgehead atoms. The van der Waals surface area contributed by atoms with Crippen molar-refractivity contribution in [2.24, 2.45) is 5.92 Å². The number of methoxy groups -OCH3 is 1. The van der Waals surface area contributed by atoms with Gasteiger partial charge in [0.25, 0.3) is 0 Å². The van der Waals surface area contributed by atoms with Gasteiger partial charge in [-0.15, -0.1) is 0 Å². The molecule has 3 aromatic rings. The van der Waals surface area contributed by atoms with Crippen molar-refractivity contribution in [1.29, 1.82) is 0 Å². The van der Waals surface area contributed by atoms with Crippen molar-refractivity contribution < 1.29 is 14.2 Å². The molecule has 1 aliphatic heterocycles. The van der Waals surface area contributed by atoms with E-state index in [1.807, 2.05) is 12.3 Å². The number of fused-ring (bicyclic) bond motifs is 1. The van der Waals surface area contributed by atoms with Gasteiger partial charge >= 0.3 is 0 Å².